The van der Waals surface area contributed by atoms with Crippen LogP contribution in [-0.4, -0.2) is 50.7 Å². The molecule has 1 aliphatic rings. The van der Waals surface area contributed by atoms with Gasteiger partial charge in [0.25, 0.3) is 0 Å². The number of phenolic OH excluding ortho intramolecular Hbond substituents is 2. The Morgan fingerprint density at radius 1 is 1.42 bits per heavy atom. The second-order valence-electron chi connectivity index (χ2n) is 5.49. The number of carbonyl (C=O) groups is 1. The molecule has 8 nitrogen and oxygen atoms in total. The highest BCUT2D eigenvalue weighted by Crippen LogP contribution is 2.31. The second kappa shape index (κ2) is 6.61. The topological polar surface area (TPSA) is 120 Å². The normalized spacial score (nSPS) is 19.6. The number of ether oxygens (including phenoxy) is 1. The molecular formula is C16H18N4O4. The molecule has 2 unspecified atom stereocenters. The highest BCUT2D eigenvalue weighted by molar-refractivity contribution is 6.01. The lowest BCUT2D eigenvalue weighted by Gasteiger charge is -2.12. The van der Waals surface area contributed by atoms with Crippen LogP contribution in [0.25, 0.3) is 0 Å². The molecule has 0 radical (unpaired) electrons. The number of imidazole rings is 1. The number of hydrogen-bond acceptors (Lipinski definition) is 6. The Morgan fingerprint density at radius 2 is 2.25 bits per heavy atom. The maximum absolute atomic E-state index is 12.3. The van der Waals surface area contributed by atoms with Crippen molar-refractivity contribution in [2.75, 3.05) is 6.54 Å². The molecule has 0 fully saturated rings. The molecule has 1 aromatic carbocycles. The number of aromatic nitrogens is 2. The van der Waals surface area contributed by atoms with Gasteiger partial charge >= 0.3 is 0 Å². The van der Waals surface area contributed by atoms with Crippen molar-refractivity contribution in [1.29, 1.82) is 0 Å². The number of H-pyrrole nitrogens is 1. The van der Waals surface area contributed by atoms with Crippen LogP contribution in [0.1, 0.15) is 18.2 Å². The van der Waals surface area contributed by atoms with Crippen LogP contribution in [0.4, 0.5) is 0 Å². The van der Waals surface area contributed by atoms with E-state index in [0.29, 0.717) is 13.0 Å². The summed E-state index contributed by atoms with van der Waals surface area (Å²) in [4.78, 5) is 23.4. The molecule has 3 rings (SSSR count). The number of hydrogen-bond donors (Lipinski definition) is 4. The molecule has 2 heterocycles. The summed E-state index contributed by atoms with van der Waals surface area (Å²) in [6, 6.07) is 3.79. The summed E-state index contributed by atoms with van der Waals surface area (Å²) < 4.78 is 5.57. The number of aromatic hydroxyl groups is 2. The largest absolute Gasteiger partial charge is 0.504 e. The summed E-state index contributed by atoms with van der Waals surface area (Å²) >= 11 is 0. The Labute approximate surface area is 138 Å². The highest BCUT2D eigenvalue weighted by Gasteiger charge is 2.34. The molecule has 2 aromatic rings. The third-order valence-electron chi connectivity index (χ3n) is 3.76. The minimum absolute atomic E-state index is 0.143. The van der Waals surface area contributed by atoms with E-state index in [1.54, 1.807) is 31.6 Å². The lowest BCUT2D eigenvalue weighted by molar-refractivity contribution is -0.123. The molecule has 24 heavy (non-hydrogen) atoms. The highest BCUT2D eigenvalue weighted by atomic mass is 16.5. The van der Waals surface area contributed by atoms with E-state index in [9.17, 15) is 15.0 Å². The van der Waals surface area contributed by atoms with Gasteiger partial charge in [0.15, 0.2) is 17.5 Å². The summed E-state index contributed by atoms with van der Waals surface area (Å²) in [6.45, 7) is 2.18. The average molecular weight is 330 g/mol. The molecule has 0 bridgehead atoms. The summed E-state index contributed by atoms with van der Waals surface area (Å²) in [5.41, 5.74) is 1.19. The SMILES string of the molecule is CC1OC(c2cccc(O)c2O)=NC1C(=O)NCCc1cnc[nH]1. The van der Waals surface area contributed by atoms with Crippen molar-refractivity contribution in [2.45, 2.75) is 25.5 Å². The van der Waals surface area contributed by atoms with Crippen molar-refractivity contribution < 1.29 is 19.7 Å². The smallest absolute Gasteiger partial charge is 0.248 e. The molecule has 1 aliphatic heterocycles. The Kier molecular flexibility index (Phi) is 4.37. The van der Waals surface area contributed by atoms with E-state index in [1.165, 1.54) is 6.07 Å². The number of carbonyl (C=O) groups excluding carboxylic acids is 1. The van der Waals surface area contributed by atoms with Crippen LogP contribution in [0.3, 0.4) is 0 Å². The summed E-state index contributed by atoms with van der Waals surface area (Å²) in [6.07, 6.45) is 3.46. The fourth-order valence-corrected chi connectivity index (χ4v) is 2.46. The van der Waals surface area contributed by atoms with Gasteiger partial charge in [0.2, 0.25) is 11.8 Å². The van der Waals surface area contributed by atoms with Crippen molar-refractivity contribution in [1.82, 2.24) is 15.3 Å². The zero-order valence-electron chi connectivity index (χ0n) is 13.1. The summed E-state index contributed by atoms with van der Waals surface area (Å²) in [5, 5.41) is 22.3. The molecule has 2 atom stereocenters. The number of para-hydroxylation sites is 1. The quantitative estimate of drug-likeness (QED) is 0.602. The predicted octanol–water partition coefficient (Wildman–Crippen LogP) is 0.714. The minimum atomic E-state index is -0.705. The Hall–Kier alpha value is -3.03. The molecule has 1 aromatic heterocycles. The Morgan fingerprint density at radius 3 is 3.00 bits per heavy atom. The molecular weight excluding hydrogens is 312 g/mol. The van der Waals surface area contributed by atoms with Gasteiger partial charge in [-0.1, -0.05) is 6.07 Å². The van der Waals surface area contributed by atoms with E-state index >= 15 is 0 Å². The molecule has 8 heteroatoms. The Balaban J connectivity index is 1.66. The molecule has 126 valence electrons. The third kappa shape index (κ3) is 3.17. The van der Waals surface area contributed by atoms with Crippen LogP contribution in [0.15, 0.2) is 35.7 Å². The lowest BCUT2D eigenvalue weighted by atomic mass is 10.2. The monoisotopic (exact) mass is 330 g/mol. The van der Waals surface area contributed by atoms with Crippen molar-refractivity contribution in [2.24, 2.45) is 4.99 Å². The zero-order chi connectivity index (χ0) is 17.1. The lowest BCUT2D eigenvalue weighted by Crippen LogP contribution is -2.39. The van der Waals surface area contributed by atoms with E-state index in [0.717, 1.165) is 5.69 Å². The maximum Gasteiger partial charge on any atom is 0.248 e. The van der Waals surface area contributed by atoms with Gasteiger partial charge < -0.3 is 25.3 Å². The first-order valence-electron chi connectivity index (χ1n) is 7.57. The van der Waals surface area contributed by atoms with Crippen molar-refractivity contribution in [3.63, 3.8) is 0 Å². The van der Waals surface area contributed by atoms with Crippen molar-refractivity contribution in [3.8, 4) is 11.5 Å². The van der Waals surface area contributed by atoms with Crippen molar-refractivity contribution in [3.05, 3.63) is 42.0 Å². The van der Waals surface area contributed by atoms with Gasteiger partial charge in [-0.2, -0.15) is 0 Å². The van der Waals surface area contributed by atoms with E-state index in [4.69, 9.17) is 4.74 Å². The third-order valence-corrected chi connectivity index (χ3v) is 3.76. The first kappa shape index (κ1) is 15.9. The van der Waals surface area contributed by atoms with Crippen LogP contribution in [-0.2, 0) is 16.0 Å². The summed E-state index contributed by atoms with van der Waals surface area (Å²) in [7, 11) is 0. The van der Waals surface area contributed by atoms with Gasteiger partial charge in [0.05, 0.1) is 11.9 Å². The number of aliphatic imine (C=N–C) groups is 1. The fraction of sp³-hybridized carbons (Fsp3) is 0.312. The van der Waals surface area contributed by atoms with Gasteiger partial charge in [0, 0.05) is 24.9 Å². The average Bonchev–Trinajstić information content (AvgIpc) is 3.19. The minimum Gasteiger partial charge on any atom is -0.504 e. The number of aromatic amines is 1. The first-order chi connectivity index (χ1) is 11.6. The molecule has 4 N–H and O–H groups in total. The first-order valence-corrected chi connectivity index (χ1v) is 7.57. The van der Waals surface area contributed by atoms with Gasteiger partial charge in [-0.25, -0.2) is 9.98 Å². The van der Waals surface area contributed by atoms with E-state index in [-0.39, 0.29) is 28.9 Å². The van der Waals surface area contributed by atoms with Crippen LogP contribution in [0, 0.1) is 0 Å². The van der Waals surface area contributed by atoms with Crippen LogP contribution < -0.4 is 5.32 Å². The van der Waals surface area contributed by atoms with Gasteiger partial charge in [-0.3, -0.25) is 4.79 Å². The van der Waals surface area contributed by atoms with Crippen LogP contribution in [0.2, 0.25) is 0 Å². The number of rotatable bonds is 5. The van der Waals surface area contributed by atoms with E-state index in [1.807, 2.05) is 0 Å². The van der Waals surface area contributed by atoms with Crippen LogP contribution in [0.5, 0.6) is 11.5 Å². The molecule has 0 saturated heterocycles. The standard InChI is InChI=1S/C16H18N4O4/c1-9-13(15(23)18-6-5-10-7-17-8-19-10)20-16(24-9)11-3-2-4-12(21)14(11)22/h2-4,7-9,13,21-22H,5-6H2,1H3,(H,17,19)(H,18,23). The molecule has 0 saturated carbocycles. The Bertz CT molecular complexity index is 757. The number of phenols is 2. The van der Waals surface area contributed by atoms with Gasteiger partial charge in [-0.05, 0) is 19.1 Å². The van der Waals surface area contributed by atoms with Crippen LogP contribution >= 0.6 is 0 Å². The predicted molar refractivity (Wildman–Crippen MR) is 85.9 cm³/mol. The number of amides is 1. The molecule has 0 spiro atoms. The summed E-state index contributed by atoms with van der Waals surface area (Å²) in [5.74, 6) is -0.691. The van der Waals surface area contributed by atoms with E-state index < -0.39 is 12.1 Å². The number of nitrogens with zero attached hydrogens (tertiary/aromatic N) is 2. The fourth-order valence-electron chi connectivity index (χ4n) is 2.46. The van der Waals surface area contributed by atoms with E-state index in [2.05, 4.69) is 20.3 Å². The van der Waals surface area contributed by atoms with Gasteiger partial charge in [-0.15, -0.1) is 0 Å². The zero-order valence-corrected chi connectivity index (χ0v) is 13.1. The van der Waals surface area contributed by atoms with Crippen molar-refractivity contribution >= 4 is 11.8 Å². The second-order valence-corrected chi connectivity index (χ2v) is 5.49. The number of nitrogens with one attached hydrogen (secondary N) is 2. The maximum atomic E-state index is 12.3. The van der Waals surface area contributed by atoms with Gasteiger partial charge in [0.1, 0.15) is 6.10 Å². The molecule has 0 aliphatic carbocycles. The molecule has 1 amide bonds. The number of benzene rings is 1.